The third-order valence-electron chi connectivity index (χ3n) is 6.75. The molecule has 0 radical (unpaired) electrons. The maximum atomic E-state index is 13.4. The van der Waals surface area contributed by atoms with Gasteiger partial charge in [0, 0.05) is 19.1 Å². The van der Waals surface area contributed by atoms with Crippen LogP contribution < -0.4 is 10.6 Å². The molecule has 1 saturated heterocycles. The van der Waals surface area contributed by atoms with Gasteiger partial charge < -0.3 is 20.5 Å². The zero-order valence-electron chi connectivity index (χ0n) is 17.7. The fourth-order valence-electron chi connectivity index (χ4n) is 5.04. The average Bonchev–Trinajstić information content (AvgIpc) is 3.37. The van der Waals surface area contributed by atoms with E-state index in [1.165, 1.54) is 18.5 Å². The normalized spacial score (nSPS) is 23.0. The van der Waals surface area contributed by atoms with E-state index in [1.807, 2.05) is 6.92 Å². The SMILES string of the molecule is CCN(C(=O)c1[nH]cnc1C(N)=O)C1CCC2(CC1)CCN(c1ccc(F)cc1Cl)C2=O. The van der Waals surface area contributed by atoms with Gasteiger partial charge in [-0.3, -0.25) is 14.4 Å². The largest absolute Gasteiger partial charge is 0.364 e. The minimum atomic E-state index is -0.760. The summed E-state index contributed by atoms with van der Waals surface area (Å²) in [4.78, 5) is 47.9. The van der Waals surface area contributed by atoms with Gasteiger partial charge in [0.15, 0.2) is 5.69 Å². The highest BCUT2D eigenvalue weighted by Gasteiger charge is 2.50. The Morgan fingerprint density at radius 1 is 1.34 bits per heavy atom. The molecule has 1 aliphatic carbocycles. The molecule has 1 aromatic carbocycles. The van der Waals surface area contributed by atoms with Crippen molar-refractivity contribution in [3.8, 4) is 0 Å². The highest BCUT2D eigenvalue weighted by atomic mass is 35.5. The molecule has 170 valence electrons. The van der Waals surface area contributed by atoms with Crippen LogP contribution in [0.1, 0.15) is 60.0 Å². The van der Waals surface area contributed by atoms with Gasteiger partial charge in [0.05, 0.1) is 22.5 Å². The molecule has 4 rings (SSSR count). The Morgan fingerprint density at radius 3 is 2.69 bits per heavy atom. The predicted octanol–water partition coefficient (Wildman–Crippen LogP) is 3.13. The van der Waals surface area contributed by atoms with Crippen molar-refractivity contribution in [3.63, 3.8) is 0 Å². The van der Waals surface area contributed by atoms with Gasteiger partial charge in [-0.15, -0.1) is 0 Å². The number of primary amides is 1. The first-order valence-corrected chi connectivity index (χ1v) is 11.1. The molecule has 0 atom stereocenters. The Morgan fingerprint density at radius 2 is 2.06 bits per heavy atom. The quantitative estimate of drug-likeness (QED) is 0.712. The molecule has 1 saturated carbocycles. The van der Waals surface area contributed by atoms with Gasteiger partial charge in [-0.25, -0.2) is 9.37 Å². The van der Waals surface area contributed by atoms with Crippen LogP contribution in [0.25, 0.3) is 0 Å². The number of nitrogens with zero attached hydrogens (tertiary/aromatic N) is 3. The summed E-state index contributed by atoms with van der Waals surface area (Å²) in [5, 5.41) is 0.219. The second-order valence-electron chi connectivity index (χ2n) is 8.40. The molecule has 3 N–H and O–H groups in total. The average molecular weight is 462 g/mol. The number of aromatic amines is 1. The molecule has 2 heterocycles. The predicted molar refractivity (Wildman–Crippen MR) is 117 cm³/mol. The lowest BCUT2D eigenvalue weighted by atomic mass is 9.71. The van der Waals surface area contributed by atoms with Crippen molar-refractivity contribution < 1.29 is 18.8 Å². The van der Waals surface area contributed by atoms with Crippen LogP contribution in [0.4, 0.5) is 10.1 Å². The first-order valence-electron chi connectivity index (χ1n) is 10.7. The Labute approximate surface area is 189 Å². The number of carbonyl (C=O) groups is 3. The first kappa shape index (κ1) is 22.3. The number of benzene rings is 1. The number of halogens is 2. The van der Waals surface area contributed by atoms with Crippen LogP contribution in [0.5, 0.6) is 0 Å². The van der Waals surface area contributed by atoms with E-state index in [2.05, 4.69) is 9.97 Å². The van der Waals surface area contributed by atoms with Gasteiger partial charge in [0.25, 0.3) is 11.8 Å². The maximum Gasteiger partial charge on any atom is 0.273 e. The number of hydrogen-bond donors (Lipinski definition) is 2. The molecule has 0 bridgehead atoms. The van der Waals surface area contributed by atoms with E-state index in [4.69, 9.17) is 17.3 Å². The summed E-state index contributed by atoms with van der Waals surface area (Å²) in [5.41, 5.74) is 5.38. The number of aromatic nitrogens is 2. The summed E-state index contributed by atoms with van der Waals surface area (Å²) in [6.45, 7) is 2.86. The van der Waals surface area contributed by atoms with Gasteiger partial charge in [0.2, 0.25) is 5.91 Å². The lowest BCUT2D eigenvalue weighted by molar-refractivity contribution is -0.127. The van der Waals surface area contributed by atoms with Crippen LogP contribution in [-0.4, -0.2) is 51.7 Å². The smallest absolute Gasteiger partial charge is 0.273 e. The van der Waals surface area contributed by atoms with E-state index in [1.54, 1.807) is 15.9 Å². The first-order chi connectivity index (χ1) is 15.3. The highest BCUT2D eigenvalue weighted by Crippen LogP contribution is 2.47. The third-order valence-corrected chi connectivity index (χ3v) is 7.06. The lowest BCUT2D eigenvalue weighted by Gasteiger charge is -2.40. The summed E-state index contributed by atoms with van der Waals surface area (Å²) >= 11 is 6.19. The van der Waals surface area contributed by atoms with Crippen molar-refractivity contribution in [2.24, 2.45) is 11.1 Å². The Hall–Kier alpha value is -2.94. The minimum absolute atomic E-state index is 0.00316. The standard InChI is InChI=1S/C22H25ClFN5O3/c1-2-28(20(31)18-17(19(25)30)26-12-27-18)14-5-7-22(8-6-14)9-10-29(21(22)32)16-4-3-13(24)11-15(16)23/h3-4,11-12,14H,2,5-10H2,1H3,(H2,25,30)(H,26,27). The molecule has 1 spiro atoms. The fourth-order valence-corrected chi connectivity index (χ4v) is 5.31. The molecule has 2 fully saturated rings. The summed E-state index contributed by atoms with van der Waals surface area (Å²) in [6.07, 6.45) is 4.58. The van der Waals surface area contributed by atoms with Crippen molar-refractivity contribution in [2.45, 2.75) is 45.1 Å². The number of nitrogens with two attached hydrogens (primary N) is 1. The monoisotopic (exact) mass is 461 g/mol. The molecule has 1 aliphatic heterocycles. The fraction of sp³-hybridized carbons (Fsp3) is 0.455. The van der Waals surface area contributed by atoms with E-state index in [0.717, 1.165) is 0 Å². The molecule has 1 aromatic heterocycles. The number of amides is 3. The van der Waals surface area contributed by atoms with E-state index in [-0.39, 0.29) is 34.3 Å². The van der Waals surface area contributed by atoms with Gasteiger partial charge in [-0.1, -0.05) is 11.6 Å². The van der Waals surface area contributed by atoms with E-state index in [0.29, 0.717) is 50.9 Å². The summed E-state index contributed by atoms with van der Waals surface area (Å²) < 4.78 is 13.4. The topological polar surface area (TPSA) is 112 Å². The van der Waals surface area contributed by atoms with Crippen LogP contribution in [0.15, 0.2) is 24.5 Å². The molecular formula is C22H25ClFN5O3. The van der Waals surface area contributed by atoms with Crippen LogP contribution in [-0.2, 0) is 4.79 Å². The second kappa shape index (κ2) is 8.54. The lowest BCUT2D eigenvalue weighted by Crippen LogP contribution is -2.46. The van der Waals surface area contributed by atoms with Crippen molar-refractivity contribution in [3.05, 3.63) is 46.8 Å². The summed E-state index contributed by atoms with van der Waals surface area (Å²) in [7, 11) is 0. The number of carbonyl (C=O) groups excluding carboxylic acids is 3. The molecular weight excluding hydrogens is 437 g/mol. The number of hydrogen-bond acceptors (Lipinski definition) is 4. The Bertz CT molecular complexity index is 1060. The summed E-state index contributed by atoms with van der Waals surface area (Å²) in [6, 6.07) is 4.00. The number of rotatable bonds is 5. The van der Waals surface area contributed by atoms with Gasteiger partial charge >= 0.3 is 0 Å². The minimum Gasteiger partial charge on any atom is -0.364 e. The van der Waals surface area contributed by atoms with Crippen LogP contribution in [0, 0.1) is 11.2 Å². The van der Waals surface area contributed by atoms with Crippen molar-refractivity contribution in [2.75, 3.05) is 18.0 Å². The Balaban J connectivity index is 1.47. The third kappa shape index (κ3) is 3.74. The van der Waals surface area contributed by atoms with Crippen LogP contribution in [0.2, 0.25) is 5.02 Å². The molecule has 0 unspecified atom stereocenters. The zero-order chi connectivity index (χ0) is 23.0. The second-order valence-corrected chi connectivity index (χ2v) is 8.80. The highest BCUT2D eigenvalue weighted by molar-refractivity contribution is 6.34. The molecule has 10 heteroatoms. The molecule has 32 heavy (non-hydrogen) atoms. The summed E-state index contributed by atoms with van der Waals surface area (Å²) in [5.74, 6) is -1.52. The van der Waals surface area contributed by atoms with Gasteiger partial charge in [-0.05, 0) is 57.2 Å². The number of nitrogens with one attached hydrogen (secondary N) is 1. The van der Waals surface area contributed by atoms with Gasteiger partial charge in [0.1, 0.15) is 11.5 Å². The van der Waals surface area contributed by atoms with Gasteiger partial charge in [-0.2, -0.15) is 0 Å². The van der Waals surface area contributed by atoms with E-state index in [9.17, 15) is 18.8 Å². The van der Waals surface area contributed by atoms with Crippen molar-refractivity contribution in [1.82, 2.24) is 14.9 Å². The molecule has 8 nitrogen and oxygen atoms in total. The Kier molecular flexibility index (Phi) is 5.94. The zero-order valence-corrected chi connectivity index (χ0v) is 18.5. The molecule has 3 amide bonds. The molecule has 2 aliphatic rings. The van der Waals surface area contributed by atoms with Crippen molar-refractivity contribution >= 4 is 35.0 Å². The maximum absolute atomic E-state index is 13.4. The number of imidazole rings is 1. The number of anilines is 1. The molecule has 2 aromatic rings. The van der Waals surface area contributed by atoms with Crippen molar-refractivity contribution in [1.29, 1.82) is 0 Å². The van der Waals surface area contributed by atoms with E-state index >= 15 is 0 Å². The van der Waals surface area contributed by atoms with E-state index < -0.39 is 17.1 Å². The van der Waals surface area contributed by atoms with Crippen LogP contribution >= 0.6 is 11.6 Å². The number of H-pyrrole nitrogens is 1. The van der Waals surface area contributed by atoms with Crippen LogP contribution in [0.3, 0.4) is 0 Å².